The first-order chi connectivity index (χ1) is 12.8. The molecular weight excluding hydrogens is 432 g/mol. The van der Waals surface area contributed by atoms with Crippen LogP contribution in [0.5, 0.6) is 0 Å². The summed E-state index contributed by atoms with van der Waals surface area (Å²) in [6.45, 7) is 0. The van der Waals surface area contributed by atoms with Crippen LogP contribution in [0.4, 0.5) is 0 Å². The molecular formula is C21H16BIN3-. The third-order valence-corrected chi connectivity index (χ3v) is 5.48. The summed E-state index contributed by atoms with van der Waals surface area (Å²) >= 11 is 2.33. The van der Waals surface area contributed by atoms with Crippen LogP contribution in [0.15, 0.2) is 97.5 Å². The standard InChI is InChI=1S/C21H16BIN3/c23-18-12-10-17(11-13-18)22(19-7-1-4-14-24-19,20-8-2-5-15-25-20)21-9-3-6-16-26-21/h1-16H/q-1. The Balaban J connectivity index is 2.12. The predicted octanol–water partition coefficient (Wildman–Crippen LogP) is 1.85. The molecule has 0 aliphatic rings. The second kappa shape index (κ2) is 7.37. The number of halogens is 1. The fraction of sp³-hybridized carbons (Fsp3) is 0. The van der Waals surface area contributed by atoms with E-state index in [0.717, 1.165) is 22.2 Å². The first kappa shape index (κ1) is 16.9. The lowest BCUT2D eigenvalue weighted by Crippen LogP contribution is -2.76. The smallest absolute Gasteiger partial charge is 0.168 e. The van der Waals surface area contributed by atoms with Gasteiger partial charge in [-0.2, -0.15) is 5.46 Å². The zero-order valence-electron chi connectivity index (χ0n) is 14.0. The SMILES string of the molecule is Ic1ccc([B-](c2ccccn2)(c2ccccn2)c2ccccn2)cc1. The second-order valence-electron chi connectivity index (χ2n) is 6.18. The lowest BCUT2D eigenvalue weighted by atomic mass is 9.16. The summed E-state index contributed by atoms with van der Waals surface area (Å²) in [5, 5.41) is 0. The fourth-order valence-corrected chi connectivity index (χ4v) is 3.97. The number of aromatic nitrogens is 3. The lowest BCUT2D eigenvalue weighted by Gasteiger charge is -2.40. The Morgan fingerprint density at radius 1 is 0.538 bits per heavy atom. The molecule has 1 aromatic carbocycles. The molecule has 0 bridgehead atoms. The van der Waals surface area contributed by atoms with Gasteiger partial charge in [0, 0.05) is 22.2 Å². The fourth-order valence-electron chi connectivity index (χ4n) is 3.61. The summed E-state index contributed by atoms with van der Waals surface area (Å²) in [6, 6.07) is 26.7. The van der Waals surface area contributed by atoms with Crippen molar-refractivity contribution in [1.29, 1.82) is 0 Å². The maximum Gasteiger partial charge on any atom is 0.168 e. The van der Waals surface area contributed by atoms with Crippen LogP contribution in [0, 0.1) is 3.57 Å². The predicted molar refractivity (Wildman–Crippen MR) is 116 cm³/mol. The van der Waals surface area contributed by atoms with Crippen molar-refractivity contribution in [2.24, 2.45) is 0 Å². The van der Waals surface area contributed by atoms with E-state index in [1.54, 1.807) is 0 Å². The topological polar surface area (TPSA) is 38.7 Å². The minimum Gasteiger partial charge on any atom is -0.302 e. The molecule has 0 aliphatic carbocycles. The number of nitrogens with zero attached hydrogens (tertiary/aromatic N) is 3. The molecule has 0 radical (unpaired) electrons. The summed E-state index contributed by atoms with van der Waals surface area (Å²) in [4.78, 5) is 14.2. The Morgan fingerprint density at radius 2 is 0.962 bits per heavy atom. The van der Waals surface area contributed by atoms with Crippen LogP contribution in [0.3, 0.4) is 0 Å². The van der Waals surface area contributed by atoms with Gasteiger partial charge in [0.15, 0.2) is 6.15 Å². The van der Waals surface area contributed by atoms with Gasteiger partial charge in [-0.15, -0.1) is 16.8 Å². The van der Waals surface area contributed by atoms with Crippen molar-refractivity contribution in [2.75, 3.05) is 0 Å². The molecule has 3 aromatic heterocycles. The van der Waals surface area contributed by atoms with Crippen LogP contribution in [-0.4, -0.2) is 21.1 Å². The monoisotopic (exact) mass is 448 g/mol. The minimum atomic E-state index is -1.57. The maximum atomic E-state index is 4.75. The summed E-state index contributed by atoms with van der Waals surface area (Å²) in [5.74, 6) is 0. The Bertz CT molecular complexity index is 881. The summed E-state index contributed by atoms with van der Waals surface area (Å²) in [7, 11) is 0. The van der Waals surface area contributed by atoms with Crippen LogP contribution in [0.2, 0.25) is 0 Å². The molecule has 26 heavy (non-hydrogen) atoms. The van der Waals surface area contributed by atoms with Crippen molar-refractivity contribution in [3.8, 4) is 0 Å². The average Bonchev–Trinajstić information content (AvgIpc) is 2.72. The van der Waals surface area contributed by atoms with E-state index in [1.807, 2.05) is 55.0 Å². The molecule has 3 nitrogen and oxygen atoms in total. The van der Waals surface area contributed by atoms with Crippen molar-refractivity contribution in [1.82, 2.24) is 15.0 Å². The molecule has 4 aromatic rings. The molecule has 0 spiro atoms. The Kier molecular flexibility index (Phi) is 4.80. The zero-order valence-corrected chi connectivity index (χ0v) is 16.2. The van der Waals surface area contributed by atoms with E-state index in [0.29, 0.717) is 0 Å². The number of pyridine rings is 3. The lowest BCUT2D eigenvalue weighted by molar-refractivity contribution is 1.32. The third-order valence-electron chi connectivity index (χ3n) is 4.76. The van der Waals surface area contributed by atoms with E-state index in [1.165, 1.54) is 3.57 Å². The maximum absolute atomic E-state index is 4.75. The second-order valence-corrected chi connectivity index (χ2v) is 7.43. The van der Waals surface area contributed by atoms with Crippen LogP contribution in [0.1, 0.15) is 0 Å². The molecule has 5 heteroatoms. The van der Waals surface area contributed by atoms with Gasteiger partial charge in [0.05, 0.1) is 0 Å². The van der Waals surface area contributed by atoms with Crippen molar-refractivity contribution >= 4 is 51.0 Å². The largest absolute Gasteiger partial charge is 0.302 e. The van der Waals surface area contributed by atoms with Gasteiger partial charge in [-0.3, -0.25) is 0 Å². The van der Waals surface area contributed by atoms with E-state index >= 15 is 0 Å². The van der Waals surface area contributed by atoms with Crippen LogP contribution in [-0.2, 0) is 0 Å². The van der Waals surface area contributed by atoms with E-state index in [4.69, 9.17) is 15.0 Å². The molecule has 0 atom stereocenters. The molecule has 3 heterocycles. The Morgan fingerprint density at radius 3 is 1.31 bits per heavy atom. The highest BCUT2D eigenvalue weighted by atomic mass is 127. The summed E-state index contributed by atoms with van der Waals surface area (Å²) < 4.78 is 1.19. The average molecular weight is 448 g/mol. The Labute approximate surface area is 166 Å². The third kappa shape index (κ3) is 2.92. The number of rotatable bonds is 4. The Hall–Kier alpha value is -2.54. The highest BCUT2D eigenvalue weighted by molar-refractivity contribution is 14.1. The number of hydrogen-bond acceptors (Lipinski definition) is 3. The summed E-state index contributed by atoms with van der Waals surface area (Å²) in [6.07, 6.45) is 3.95. The number of benzene rings is 1. The molecule has 0 saturated carbocycles. The van der Waals surface area contributed by atoms with Gasteiger partial charge in [-0.1, -0.05) is 60.7 Å². The molecule has 0 aliphatic heterocycles. The van der Waals surface area contributed by atoms with Crippen LogP contribution < -0.4 is 22.2 Å². The zero-order chi connectivity index (χ0) is 17.8. The molecule has 0 fully saturated rings. The minimum absolute atomic E-state index is 0.964. The van der Waals surface area contributed by atoms with Gasteiger partial charge in [0.2, 0.25) is 0 Å². The van der Waals surface area contributed by atoms with E-state index in [-0.39, 0.29) is 0 Å². The number of hydrogen-bond donors (Lipinski definition) is 0. The van der Waals surface area contributed by atoms with E-state index < -0.39 is 6.15 Å². The van der Waals surface area contributed by atoms with Crippen LogP contribution >= 0.6 is 22.6 Å². The van der Waals surface area contributed by atoms with Crippen molar-refractivity contribution in [2.45, 2.75) is 0 Å². The van der Waals surface area contributed by atoms with Gasteiger partial charge in [-0.25, -0.2) is 0 Å². The van der Waals surface area contributed by atoms with Crippen molar-refractivity contribution in [3.05, 3.63) is 101 Å². The van der Waals surface area contributed by atoms with Crippen LogP contribution in [0.25, 0.3) is 0 Å². The molecule has 0 N–H and O–H groups in total. The molecule has 4 rings (SSSR count). The highest BCUT2D eigenvalue weighted by Crippen LogP contribution is 2.08. The first-order valence-corrected chi connectivity index (χ1v) is 9.56. The quantitative estimate of drug-likeness (QED) is 0.354. The van der Waals surface area contributed by atoms with Gasteiger partial charge in [0.1, 0.15) is 0 Å². The highest BCUT2D eigenvalue weighted by Gasteiger charge is 2.35. The molecule has 0 saturated heterocycles. The molecule has 0 amide bonds. The van der Waals surface area contributed by atoms with E-state index in [9.17, 15) is 0 Å². The normalized spacial score (nSPS) is 11.3. The van der Waals surface area contributed by atoms with Gasteiger partial charge in [-0.05, 0) is 40.8 Å². The van der Waals surface area contributed by atoms with Crippen molar-refractivity contribution in [3.63, 3.8) is 0 Å². The molecule has 126 valence electrons. The van der Waals surface area contributed by atoms with Gasteiger partial charge < -0.3 is 15.0 Å². The van der Waals surface area contributed by atoms with Gasteiger partial charge in [0.25, 0.3) is 0 Å². The summed E-state index contributed by atoms with van der Waals surface area (Å²) in [5.41, 5.74) is 4.05. The van der Waals surface area contributed by atoms with Crippen molar-refractivity contribution < 1.29 is 0 Å². The van der Waals surface area contributed by atoms with Gasteiger partial charge >= 0.3 is 0 Å². The molecule has 0 unspecified atom stereocenters. The van der Waals surface area contributed by atoms with E-state index in [2.05, 4.69) is 65.1 Å². The first-order valence-electron chi connectivity index (χ1n) is 8.48.